The van der Waals surface area contributed by atoms with Crippen molar-refractivity contribution in [1.82, 2.24) is 0 Å². The minimum absolute atomic E-state index is 0. The Morgan fingerprint density at radius 3 is 1.30 bits per heavy atom. The van der Waals surface area contributed by atoms with E-state index in [4.69, 9.17) is 5.11 Å². The van der Waals surface area contributed by atoms with Gasteiger partial charge in [-0.1, -0.05) is 0 Å². The molecule has 2 nitrogen and oxygen atoms in total. The molecular weight excluding hydrogens is 330 g/mol. The van der Waals surface area contributed by atoms with E-state index in [9.17, 15) is 0 Å². The lowest BCUT2D eigenvalue weighted by Crippen LogP contribution is -2.36. The molecule has 0 bridgehead atoms. The molecule has 0 aromatic heterocycles. The minimum Gasteiger partial charge on any atom is -0.391 e. The van der Waals surface area contributed by atoms with Gasteiger partial charge in [0, 0.05) is 0 Å². The monoisotopic (exact) mass is 344 g/mol. The molecule has 0 spiro atoms. The Bertz CT molecular complexity index is 55.3. The van der Waals surface area contributed by atoms with Gasteiger partial charge in [-0.3, -0.25) is 0 Å². The number of halogens is 3. The van der Waals surface area contributed by atoms with Crippen LogP contribution in [0.25, 0.3) is 0 Å². The molecule has 68 valence electrons. The summed E-state index contributed by atoms with van der Waals surface area (Å²) >= 11 is 0. The second-order valence-corrected chi connectivity index (χ2v) is 2.74. The molecule has 0 unspecified atom stereocenters. The molecule has 0 saturated carbocycles. The van der Waals surface area contributed by atoms with Gasteiger partial charge in [0.15, 0.2) is 0 Å². The number of aliphatic hydroxyl groups is 1. The summed E-state index contributed by atoms with van der Waals surface area (Å²) in [5.41, 5.74) is 0. The molecule has 0 aliphatic heterocycles. The molecule has 5 heteroatoms. The zero-order valence-corrected chi connectivity index (χ0v) is 11.7. The molecule has 0 aromatic carbocycles. The smallest absolute Gasteiger partial charge is 0.101 e. The van der Waals surface area contributed by atoms with Crippen LogP contribution in [-0.4, -0.2) is 43.9 Å². The third-order valence-corrected chi connectivity index (χ3v) is 0.771. The van der Waals surface area contributed by atoms with Crippen LogP contribution in [-0.2, 0) is 0 Å². The first-order chi connectivity index (χ1) is 3.06. The highest BCUT2D eigenvalue weighted by atomic mass is 79.9. The van der Waals surface area contributed by atoms with Crippen molar-refractivity contribution < 1.29 is 9.59 Å². The number of hydrogen-bond donors (Lipinski definition) is 1. The van der Waals surface area contributed by atoms with E-state index in [0.29, 0.717) is 0 Å². The standard InChI is InChI=1S/C5H14NO.3BrH/c1-6(2,3)4-5-7;;;/h7H,4-5H2,1-3H3;3*1H/q+1;;;. The third-order valence-electron chi connectivity index (χ3n) is 0.771. The van der Waals surface area contributed by atoms with Crippen LogP contribution >= 0.6 is 50.9 Å². The van der Waals surface area contributed by atoms with Crippen LogP contribution in [0.2, 0.25) is 0 Å². The van der Waals surface area contributed by atoms with E-state index in [1.165, 1.54) is 0 Å². The second-order valence-electron chi connectivity index (χ2n) is 2.74. The first-order valence-electron chi connectivity index (χ1n) is 2.47. The summed E-state index contributed by atoms with van der Waals surface area (Å²) in [4.78, 5) is 0. The lowest BCUT2D eigenvalue weighted by Gasteiger charge is -2.21. The topological polar surface area (TPSA) is 20.2 Å². The molecule has 0 heterocycles. The SMILES string of the molecule is Br.Br.Br.C[N+](C)(C)CCO. The van der Waals surface area contributed by atoms with Gasteiger partial charge in [-0.2, -0.15) is 0 Å². The van der Waals surface area contributed by atoms with Crippen molar-refractivity contribution in [3.05, 3.63) is 0 Å². The maximum atomic E-state index is 8.39. The van der Waals surface area contributed by atoms with E-state index >= 15 is 0 Å². The van der Waals surface area contributed by atoms with Crippen LogP contribution in [0.5, 0.6) is 0 Å². The fourth-order valence-electron chi connectivity index (χ4n) is 0.300. The average Bonchev–Trinajstić information content (AvgIpc) is 1.30. The largest absolute Gasteiger partial charge is 0.391 e. The summed E-state index contributed by atoms with van der Waals surface area (Å²) in [6.45, 7) is 1.11. The van der Waals surface area contributed by atoms with Crippen molar-refractivity contribution in [1.29, 1.82) is 0 Å². The normalized spacial score (nSPS) is 8.40. The van der Waals surface area contributed by atoms with Crippen LogP contribution in [0.3, 0.4) is 0 Å². The molecule has 0 aliphatic carbocycles. The molecule has 10 heavy (non-hydrogen) atoms. The molecule has 0 rings (SSSR count). The fourth-order valence-corrected chi connectivity index (χ4v) is 0.300. The van der Waals surface area contributed by atoms with E-state index < -0.39 is 0 Å². The van der Waals surface area contributed by atoms with Gasteiger partial charge in [-0.05, 0) is 0 Å². The van der Waals surface area contributed by atoms with Crippen molar-refractivity contribution >= 4 is 50.9 Å². The maximum absolute atomic E-state index is 8.39. The van der Waals surface area contributed by atoms with Crippen LogP contribution in [0.15, 0.2) is 0 Å². The van der Waals surface area contributed by atoms with Gasteiger partial charge < -0.3 is 9.59 Å². The Balaban J connectivity index is -0.0000000600. The summed E-state index contributed by atoms with van der Waals surface area (Å²) in [6, 6.07) is 0. The van der Waals surface area contributed by atoms with Crippen molar-refractivity contribution in [3.8, 4) is 0 Å². The first kappa shape index (κ1) is 22.5. The Morgan fingerprint density at radius 1 is 1.00 bits per heavy atom. The van der Waals surface area contributed by atoms with E-state index in [1.807, 2.05) is 0 Å². The van der Waals surface area contributed by atoms with Crippen LogP contribution < -0.4 is 0 Å². The molecule has 0 saturated heterocycles. The van der Waals surface area contributed by atoms with Crippen LogP contribution in [0.1, 0.15) is 0 Å². The predicted molar refractivity (Wildman–Crippen MR) is 61.0 cm³/mol. The molecule has 0 fully saturated rings. The highest BCUT2D eigenvalue weighted by molar-refractivity contribution is 8.93. The van der Waals surface area contributed by atoms with Crippen LogP contribution in [0.4, 0.5) is 0 Å². The Kier molecular flexibility index (Phi) is 23.3. The summed E-state index contributed by atoms with van der Waals surface area (Å²) in [6.07, 6.45) is 0. The number of rotatable bonds is 2. The number of nitrogens with zero attached hydrogens (tertiary/aromatic N) is 1. The van der Waals surface area contributed by atoms with E-state index in [0.717, 1.165) is 11.0 Å². The summed E-state index contributed by atoms with van der Waals surface area (Å²) < 4.78 is 0.844. The number of quaternary nitrogens is 1. The third kappa shape index (κ3) is 22.8. The second kappa shape index (κ2) is 10.4. The van der Waals surface area contributed by atoms with Gasteiger partial charge in [0.05, 0.1) is 27.7 Å². The van der Waals surface area contributed by atoms with E-state index in [-0.39, 0.29) is 57.6 Å². The molecule has 0 radical (unpaired) electrons. The van der Waals surface area contributed by atoms with E-state index in [1.54, 1.807) is 0 Å². The molecule has 1 N–H and O–H groups in total. The maximum Gasteiger partial charge on any atom is 0.101 e. The Morgan fingerprint density at radius 2 is 1.30 bits per heavy atom. The lowest BCUT2D eigenvalue weighted by molar-refractivity contribution is -0.870. The Labute approximate surface area is 94.5 Å². The van der Waals surface area contributed by atoms with Crippen LogP contribution in [0, 0.1) is 0 Å². The highest BCUT2D eigenvalue weighted by Gasteiger charge is 2.02. The van der Waals surface area contributed by atoms with E-state index in [2.05, 4.69) is 21.1 Å². The minimum atomic E-state index is 0. The zero-order valence-electron chi connectivity index (χ0n) is 6.53. The summed E-state index contributed by atoms with van der Waals surface area (Å²) in [5.74, 6) is 0. The summed E-state index contributed by atoms with van der Waals surface area (Å²) in [7, 11) is 6.16. The molecule has 0 atom stereocenters. The van der Waals surface area contributed by atoms with Crippen molar-refractivity contribution in [2.24, 2.45) is 0 Å². The van der Waals surface area contributed by atoms with Gasteiger partial charge in [0.2, 0.25) is 0 Å². The van der Waals surface area contributed by atoms with Crippen molar-refractivity contribution in [3.63, 3.8) is 0 Å². The first-order valence-corrected chi connectivity index (χ1v) is 2.47. The van der Waals surface area contributed by atoms with Gasteiger partial charge >= 0.3 is 0 Å². The quantitative estimate of drug-likeness (QED) is 0.750. The number of likely N-dealkylation sites (N-methyl/N-ethyl adjacent to an activating group) is 1. The molecule has 0 aromatic rings. The lowest BCUT2D eigenvalue weighted by atomic mass is 10.5. The average molecular weight is 347 g/mol. The molecule has 0 amide bonds. The molecule has 0 aliphatic rings. The Hall–Kier alpha value is 1.36. The van der Waals surface area contributed by atoms with Crippen molar-refractivity contribution in [2.45, 2.75) is 0 Å². The highest BCUT2D eigenvalue weighted by Crippen LogP contribution is 1.84. The van der Waals surface area contributed by atoms with Gasteiger partial charge in [0.1, 0.15) is 6.54 Å². The van der Waals surface area contributed by atoms with Crippen molar-refractivity contribution in [2.75, 3.05) is 34.3 Å². The van der Waals surface area contributed by atoms with Gasteiger partial charge in [0.25, 0.3) is 0 Å². The summed E-state index contributed by atoms with van der Waals surface area (Å²) in [5, 5.41) is 8.39. The fraction of sp³-hybridized carbons (Fsp3) is 1.00. The van der Waals surface area contributed by atoms with Gasteiger partial charge in [-0.15, -0.1) is 50.9 Å². The number of aliphatic hydroxyl groups excluding tert-OH is 1. The number of hydrogen-bond acceptors (Lipinski definition) is 1. The zero-order chi connectivity index (χ0) is 5.91. The molecular formula is C5H17Br3NO+. The predicted octanol–water partition coefficient (Wildman–Crippen LogP) is 1.42. The van der Waals surface area contributed by atoms with Gasteiger partial charge in [-0.25, -0.2) is 0 Å².